The summed E-state index contributed by atoms with van der Waals surface area (Å²) in [6.07, 6.45) is 0. The van der Waals surface area contributed by atoms with Crippen LogP contribution < -0.4 is 5.32 Å². The molecule has 0 spiro atoms. The molecule has 7 heteroatoms. The molecule has 6 nitrogen and oxygen atoms in total. The van der Waals surface area contributed by atoms with E-state index < -0.39 is 21.0 Å². The molecule has 1 amide bonds. The van der Waals surface area contributed by atoms with Crippen LogP contribution in [0.3, 0.4) is 0 Å². The van der Waals surface area contributed by atoms with Crippen LogP contribution in [0.4, 0.5) is 5.82 Å². The second kappa shape index (κ2) is 7.00. The van der Waals surface area contributed by atoms with Gasteiger partial charge in [0, 0.05) is 6.07 Å². The van der Waals surface area contributed by atoms with E-state index in [-0.39, 0.29) is 17.0 Å². The monoisotopic (exact) mass is 364 g/mol. The van der Waals surface area contributed by atoms with Crippen molar-refractivity contribution in [3.63, 3.8) is 0 Å². The number of nitrogens with zero attached hydrogens (tertiary/aromatic N) is 1. The summed E-state index contributed by atoms with van der Waals surface area (Å²) in [7, 11) is -3.64. The number of nitrogens with one attached hydrogen (secondary N) is 1. The molecular weight excluding hydrogens is 340 g/mol. The van der Waals surface area contributed by atoms with E-state index >= 15 is 0 Å². The Morgan fingerprint density at radius 3 is 2.32 bits per heavy atom. The molecule has 0 aliphatic carbocycles. The summed E-state index contributed by atoms with van der Waals surface area (Å²) in [6.45, 7) is 9.34. The fourth-order valence-electron chi connectivity index (χ4n) is 2.27. The van der Waals surface area contributed by atoms with Crippen molar-refractivity contribution in [3.05, 3.63) is 47.2 Å². The van der Waals surface area contributed by atoms with Crippen LogP contribution in [0.25, 0.3) is 0 Å². The van der Waals surface area contributed by atoms with E-state index in [1.54, 1.807) is 19.1 Å². The molecule has 2 aromatic rings. The SMILES string of the molecule is Cc1cc(NC(=O)[C@@H](C)S(=O)(=O)Cc2ccc(C(C)(C)C)cc2)no1. The Morgan fingerprint density at radius 2 is 1.84 bits per heavy atom. The zero-order chi connectivity index (χ0) is 18.8. The maximum Gasteiger partial charge on any atom is 0.243 e. The summed E-state index contributed by atoms with van der Waals surface area (Å²) in [5, 5.41) is 4.91. The predicted molar refractivity (Wildman–Crippen MR) is 97.1 cm³/mol. The fraction of sp³-hybridized carbons (Fsp3) is 0.444. The lowest BCUT2D eigenvalue weighted by molar-refractivity contribution is -0.115. The van der Waals surface area contributed by atoms with Gasteiger partial charge in [0.25, 0.3) is 0 Å². The second-order valence-electron chi connectivity index (χ2n) is 7.21. The number of amides is 1. The van der Waals surface area contributed by atoms with Crippen molar-refractivity contribution in [2.24, 2.45) is 0 Å². The van der Waals surface area contributed by atoms with Crippen LogP contribution in [0.2, 0.25) is 0 Å². The largest absolute Gasteiger partial charge is 0.360 e. The zero-order valence-corrected chi connectivity index (χ0v) is 16.0. The Kier molecular flexibility index (Phi) is 5.37. The lowest BCUT2D eigenvalue weighted by atomic mass is 9.87. The smallest absolute Gasteiger partial charge is 0.243 e. The summed E-state index contributed by atoms with van der Waals surface area (Å²) >= 11 is 0. The Morgan fingerprint density at radius 1 is 1.24 bits per heavy atom. The quantitative estimate of drug-likeness (QED) is 0.880. The Bertz CT molecular complexity index is 846. The van der Waals surface area contributed by atoms with Gasteiger partial charge in [0.1, 0.15) is 11.0 Å². The standard InChI is InChI=1S/C18H24N2O4S/c1-12-10-16(20-24-12)19-17(21)13(2)25(22,23)11-14-6-8-15(9-7-14)18(3,4)5/h6-10,13H,11H2,1-5H3,(H,19,20,21)/t13-/m1/s1. The molecule has 0 saturated heterocycles. The highest BCUT2D eigenvalue weighted by molar-refractivity contribution is 7.92. The van der Waals surface area contributed by atoms with Gasteiger partial charge >= 0.3 is 0 Å². The van der Waals surface area contributed by atoms with E-state index in [2.05, 4.69) is 31.2 Å². The van der Waals surface area contributed by atoms with Crippen LogP contribution in [0.5, 0.6) is 0 Å². The number of rotatable bonds is 5. The van der Waals surface area contributed by atoms with E-state index in [0.717, 1.165) is 5.56 Å². The van der Waals surface area contributed by atoms with Crippen molar-refractivity contribution in [2.75, 3.05) is 5.32 Å². The molecule has 0 fully saturated rings. The normalized spacial score (nSPS) is 13.5. The van der Waals surface area contributed by atoms with Crippen LogP contribution in [0, 0.1) is 6.92 Å². The first-order valence-electron chi connectivity index (χ1n) is 8.04. The van der Waals surface area contributed by atoms with E-state index in [0.29, 0.717) is 11.3 Å². The fourth-order valence-corrected chi connectivity index (χ4v) is 3.57. The molecule has 0 aliphatic heterocycles. The van der Waals surface area contributed by atoms with Crippen molar-refractivity contribution in [3.8, 4) is 0 Å². The third-order valence-corrected chi connectivity index (χ3v) is 6.00. The van der Waals surface area contributed by atoms with Crippen molar-refractivity contribution in [1.29, 1.82) is 0 Å². The van der Waals surface area contributed by atoms with Gasteiger partial charge in [-0.1, -0.05) is 50.2 Å². The molecule has 1 N–H and O–H groups in total. The number of carbonyl (C=O) groups is 1. The summed E-state index contributed by atoms with van der Waals surface area (Å²) < 4.78 is 29.9. The van der Waals surface area contributed by atoms with Crippen molar-refractivity contribution < 1.29 is 17.7 Å². The van der Waals surface area contributed by atoms with Gasteiger partial charge in [-0.2, -0.15) is 0 Å². The average molecular weight is 364 g/mol. The lowest BCUT2D eigenvalue weighted by Gasteiger charge is -2.19. The van der Waals surface area contributed by atoms with Gasteiger partial charge in [-0.15, -0.1) is 0 Å². The molecule has 136 valence electrons. The molecular formula is C18H24N2O4S. The third-order valence-electron chi connectivity index (χ3n) is 3.97. The predicted octanol–water partition coefficient (Wildman–Crippen LogP) is 3.22. The van der Waals surface area contributed by atoms with Crippen LogP contribution in [-0.4, -0.2) is 24.7 Å². The Labute approximate surface area is 148 Å². The van der Waals surface area contributed by atoms with Gasteiger partial charge in [0.05, 0.1) is 5.75 Å². The first-order valence-corrected chi connectivity index (χ1v) is 9.76. The van der Waals surface area contributed by atoms with Crippen molar-refractivity contribution >= 4 is 21.6 Å². The average Bonchev–Trinajstić information content (AvgIpc) is 2.90. The van der Waals surface area contributed by atoms with E-state index in [1.165, 1.54) is 13.0 Å². The summed E-state index contributed by atoms with van der Waals surface area (Å²) in [6, 6.07) is 8.97. The van der Waals surface area contributed by atoms with Crippen LogP contribution in [-0.2, 0) is 25.8 Å². The molecule has 0 bridgehead atoms. The van der Waals surface area contributed by atoms with Gasteiger partial charge in [-0.3, -0.25) is 4.79 Å². The van der Waals surface area contributed by atoms with Crippen LogP contribution >= 0.6 is 0 Å². The molecule has 1 atom stereocenters. The van der Waals surface area contributed by atoms with E-state index in [1.807, 2.05) is 12.1 Å². The number of hydrogen-bond donors (Lipinski definition) is 1. The molecule has 0 radical (unpaired) electrons. The Hall–Kier alpha value is -2.15. The van der Waals surface area contributed by atoms with Gasteiger partial charge in [-0.25, -0.2) is 8.42 Å². The molecule has 0 aliphatic rings. The van der Waals surface area contributed by atoms with Crippen molar-refractivity contribution in [2.45, 2.75) is 51.0 Å². The van der Waals surface area contributed by atoms with Crippen LogP contribution in [0.1, 0.15) is 44.6 Å². The van der Waals surface area contributed by atoms with E-state index in [4.69, 9.17) is 4.52 Å². The van der Waals surface area contributed by atoms with E-state index in [9.17, 15) is 13.2 Å². The minimum Gasteiger partial charge on any atom is -0.360 e. The number of carbonyl (C=O) groups excluding carboxylic acids is 1. The molecule has 0 unspecified atom stereocenters. The summed E-state index contributed by atoms with van der Waals surface area (Å²) in [4.78, 5) is 12.2. The molecule has 0 saturated carbocycles. The van der Waals surface area contributed by atoms with Crippen molar-refractivity contribution in [1.82, 2.24) is 5.16 Å². The van der Waals surface area contributed by atoms with Crippen LogP contribution in [0.15, 0.2) is 34.9 Å². The number of aryl methyl sites for hydroxylation is 1. The maximum atomic E-state index is 12.5. The number of sulfone groups is 1. The molecule has 25 heavy (non-hydrogen) atoms. The minimum atomic E-state index is -3.64. The zero-order valence-electron chi connectivity index (χ0n) is 15.2. The van der Waals surface area contributed by atoms with Gasteiger partial charge in [0.2, 0.25) is 5.91 Å². The Balaban J connectivity index is 2.08. The van der Waals surface area contributed by atoms with Gasteiger partial charge in [0.15, 0.2) is 15.7 Å². The maximum absolute atomic E-state index is 12.5. The molecule has 2 rings (SSSR count). The lowest BCUT2D eigenvalue weighted by Crippen LogP contribution is -2.33. The highest BCUT2D eigenvalue weighted by Gasteiger charge is 2.29. The van der Waals surface area contributed by atoms with Gasteiger partial charge in [-0.05, 0) is 30.4 Å². The topological polar surface area (TPSA) is 89.3 Å². The molecule has 1 aromatic carbocycles. The van der Waals surface area contributed by atoms with Gasteiger partial charge < -0.3 is 9.84 Å². The molecule has 1 heterocycles. The first kappa shape index (κ1) is 19.2. The summed E-state index contributed by atoms with van der Waals surface area (Å²) in [5.74, 6) is -0.0763. The highest BCUT2D eigenvalue weighted by atomic mass is 32.2. The number of benzene rings is 1. The number of anilines is 1. The third kappa shape index (κ3) is 4.92. The first-order chi connectivity index (χ1) is 11.5. The highest BCUT2D eigenvalue weighted by Crippen LogP contribution is 2.23. The summed E-state index contributed by atoms with van der Waals surface area (Å²) in [5.41, 5.74) is 1.78. The number of aromatic nitrogens is 1. The second-order valence-corrected chi connectivity index (χ2v) is 9.53. The minimum absolute atomic E-state index is 0.000305. The molecule has 1 aromatic heterocycles. The number of hydrogen-bond acceptors (Lipinski definition) is 5.